The Morgan fingerprint density at radius 2 is 1.65 bits per heavy atom. The van der Waals surface area contributed by atoms with Crippen LogP contribution < -0.4 is 26.4 Å². The van der Waals surface area contributed by atoms with E-state index in [9.17, 15) is 14.4 Å². The Kier molecular flexibility index (Phi) is 28.6. The van der Waals surface area contributed by atoms with Gasteiger partial charge in [0.2, 0.25) is 6.41 Å². The van der Waals surface area contributed by atoms with Crippen LogP contribution in [-0.4, -0.2) is 207 Å². The molecular weight excluding hydrogens is 1060 g/mol. The molecule has 2 aromatic heterocycles. The van der Waals surface area contributed by atoms with Crippen molar-refractivity contribution < 1.29 is 42.8 Å². The molecule has 6 fully saturated rings. The first kappa shape index (κ1) is 68.8. The van der Waals surface area contributed by atoms with Crippen molar-refractivity contribution in [3.63, 3.8) is 0 Å². The van der Waals surface area contributed by atoms with Crippen LogP contribution in [-0.2, 0) is 55.8 Å². The normalized spacial score (nSPS) is 20.5. The summed E-state index contributed by atoms with van der Waals surface area (Å²) >= 11 is 0. The van der Waals surface area contributed by atoms with Crippen molar-refractivity contribution in [1.82, 2.24) is 35.1 Å². The van der Waals surface area contributed by atoms with Crippen molar-refractivity contribution in [3.8, 4) is 11.3 Å². The highest BCUT2D eigenvalue weighted by Gasteiger charge is 2.50. The van der Waals surface area contributed by atoms with Crippen molar-refractivity contribution in [2.75, 3.05) is 156 Å². The number of nitrogens with zero attached hydrogens (tertiary/aromatic N) is 7. The van der Waals surface area contributed by atoms with E-state index in [1.165, 1.54) is 55.4 Å². The molecule has 5 saturated heterocycles. The van der Waals surface area contributed by atoms with Gasteiger partial charge in [0.05, 0.1) is 75.1 Å². The van der Waals surface area contributed by atoms with Crippen LogP contribution in [0, 0.1) is 22.7 Å². The first-order chi connectivity index (χ1) is 40.8. The van der Waals surface area contributed by atoms with E-state index < -0.39 is 0 Å². The highest BCUT2D eigenvalue weighted by atomic mass is 16.5. The second-order valence-corrected chi connectivity index (χ2v) is 24.6. The number of pyridine rings is 1. The number of hydrazine groups is 1. The highest BCUT2D eigenvalue weighted by molar-refractivity contribution is 5.95. The molecule has 474 valence electrons. The van der Waals surface area contributed by atoms with Gasteiger partial charge in [0, 0.05) is 158 Å². The summed E-state index contributed by atoms with van der Waals surface area (Å²) < 4.78 is 36.4. The zero-order chi connectivity index (χ0) is 60.7. The van der Waals surface area contributed by atoms with Gasteiger partial charge in [-0.05, 0) is 114 Å². The molecule has 5 aliphatic heterocycles. The number of nitrogens with one attached hydrogen (secondary N) is 2. The predicted octanol–water partition coefficient (Wildman–Crippen LogP) is 7.75. The van der Waals surface area contributed by atoms with Gasteiger partial charge in [-0.15, -0.1) is 0 Å². The number of morpholine rings is 1. The molecule has 1 amide bonds. The van der Waals surface area contributed by atoms with Crippen LogP contribution in [0.25, 0.3) is 22.2 Å². The number of ether oxygens (including phenoxy) is 6. The number of likely N-dealkylation sites (tertiary alicyclic amines) is 1. The Hall–Kier alpha value is -4.28. The summed E-state index contributed by atoms with van der Waals surface area (Å²) in [5.41, 5.74) is 18.0. The van der Waals surface area contributed by atoms with Gasteiger partial charge in [0.1, 0.15) is 6.29 Å². The third kappa shape index (κ3) is 18.9. The molecule has 1 spiro atoms. The van der Waals surface area contributed by atoms with Crippen molar-refractivity contribution in [1.29, 1.82) is 0 Å². The fourth-order valence-electron chi connectivity index (χ4n) is 13.1. The SMILES string of the molecule is CC.CC(C1CCCOC1)C(C=O)N1CCOCC1.CCn1c(-c2cc(N3CCN(C4CC4)CC3)cnc2C(C)OC)c(CC(C)(C)COC(C)=O)c2cc(N(CCOC)CCC(CCCCCNNC=O)N3CC4(COC4)C3)ccc21.CN. The summed E-state index contributed by atoms with van der Waals surface area (Å²) in [7, 11) is 5.05. The Labute approximate surface area is 504 Å². The van der Waals surface area contributed by atoms with Gasteiger partial charge < -0.3 is 53.3 Å². The van der Waals surface area contributed by atoms with E-state index in [0.717, 1.165) is 192 Å². The number of piperazine rings is 1. The molecule has 3 aromatic rings. The van der Waals surface area contributed by atoms with Crippen LogP contribution >= 0.6 is 0 Å². The van der Waals surface area contributed by atoms with Gasteiger partial charge in [-0.1, -0.05) is 47.5 Å². The van der Waals surface area contributed by atoms with Crippen molar-refractivity contribution >= 4 is 40.9 Å². The molecule has 7 heterocycles. The maximum atomic E-state index is 12.2. The maximum absolute atomic E-state index is 12.2. The van der Waals surface area contributed by atoms with Crippen molar-refractivity contribution in [3.05, 3.63) is 41.7 Å². The van der Waals surface area contributed by atoms with E-state index in [0.29, 0.717) is 49.3 Å². The van der Waals surface area contributed by atoms with E-state index in [1.807, 2.05) is 20.0 Å². The van der Waals surface area contributed by atoms with Crippen molar-refractivity contribution in [2.24, 2.45) is 28.4 Å². The van der Waals surface area contributed by atoms with E-state index in [1.54, 1.807) is 14.2 Å². The predicted molar refractivity (Wildman–Crippen MR) is 337 cm³/mol. The number of nitrogens with two attached hydrogens (primary N) is 1. The van der Waals surface area contributed by atoms with Crippen LogP contribution in [0.2, 0.25) is 0 Å². The number of aromatic nitrogens is 2. The Morgan fingerprint density at radius 3 is 2.26 bits per heavy atom. The average Bonchev–Trinajstić information content (AvgIpc) is 1.95. The van der Waals surface area contributed by atoms with Crippen LogP contribution in [0.5, 0.6) is 0 Å². The fourth-order valence-corrected chi connectivity index (χ4v) is 13.1. The summed E-state index contributed by atoms with van der Waals surface area (Å²) in [6, 6.07) is 10.7. The lowest BCUT2D eigenvalue weighted by atomic mass is 9.76. The molecule has 19 nitrogen and oxygen atoms in total. The largest absolute Gasteiger partial charge is 0.465 e. The number of unbranched alkanes of at least 4 members (excludes halogenated alkanes) is 2. The van der Waals surface area contributed by atoms with Gasteiger partial charge in [-0.3, -0.25) is 34.7 Å². The van der Waals surface area contributed by atoms with Crippen LogP contribution in [0.3, 0.4) is 0 Å². The third-order valence-electron chi connectivity index (χ3n) is 18.1. The van der Waals surface area contributed by atoms with E-state index in [2.05, 4.69) is 105 Å². The van der Waals surface area contributed by atoms with Gasteiger partial charge in [-0.25, -0.2) is 5.43 Å². The van der Waals surface area contributed by atoms with Gasteiger partial charge in [-0.2, -0.15) is 0 Å². The summed E-state index contributed by atoms with van der Waals surface area (Å²) in [6.45, 7) is 33.7. The second kappa shape index (κ2) is 34.9. The molecule has 5 unspecified atom stereocenters. The molecule has 84 heavy (non-hydrogen) atoms. The molecule has 19 heteroatoms. The van der Waals surface area contributed by atoms with Gasteiger partial charge in [0.25, 0.3) is 0 Å². The highest BCUT2D eigenvalue weighted by Crippen LogP contribution is 2.44. The smallest absolute Gasteiger partial charge is 0.302 e. The number of aldehydes is 1. The lowest BCUT2D eigenvalue weighted by Crippen LogP contribution is -2.68. The minimum atomic E-state index is -0.343. The Bertz CT molecular complexity index is 2410. The molecule has 5 atom stereocenters. The average molecular weight is 1180 g/mol. The third-order valence-corrected chi connectivity index (χ3v) is 18.1. The number of anilines is 2. The molecule has 9 rings (SSSR count). The van der Waals surface area contributed by atoms with E-state index in [4.69, 9.17) is 33.4 Å². The summed E-state index contributed by atoms with van der Waals surface area (Å²) in [4.78, 5) is 52.0. The number of aryl methyl sites for hydroxylation is 1. The Morgan fingerprint density at radius 1 is 0.917 bits per heavy atom. The number of carbonyl (C=O) groups excluding carboxylic acids is 3. The van der Waals surface area contributed by atoms with Gasteiger partial charge >= 0.3 is 5.97 Å². The molecule has 0 bridgehead atoms. The molecule has 1 aromatic carbocycles. The summed E-state index contributed by atoms with van der Waals surface area (Å²) in [5, 5.41) is 1.21. The summed E-state index contributed by atoms with van der Waals surface area (Å²) in [6.07, 6.45) is 14.8. The van der Waals surface area contributed by atoms with Gasteiger partial charge in [0.15, 0.2) is 0 Å². The number of fused-ring (bicyclic) bond motifs is 1. The summed E-state index contributed by atoms with van der Waals surface area (Å²) in [5.74, 6) is 0.648. The molecule has 1 aliphatic carbocycles. The first-order valence-electron chi connectivity index (χ1n) is 32.0. The number of hydrogen-bond donors (Lipinski definition) is 3. The fraction of sp³-hybridized carbons (Fsp3) is 0.754. The van der Waals surface area contributed by atoms with Crippen LogP contribution in [0.1, 0.15) is 131 Å². The molecule has 4 N–H and O–H groups in total. The minimum absolute atomic E-state index is 0.0330. The molecule has 1 saturated carbocycles. The minimum Gasteiger partial charge on any atom is -0.465 e. The van der Waals surface area contributed by atoms with Crippen LogP contribution in [0.15, 0.2) is 30.5 Å². The monoisotopic (exact) mass is 1170 g/mol. The first-order valence-corrected chi connectivity index (χ1v) is 32.0. The zero-order valence-electron chi connectivity index (χ0n) is 53.6. The number of methoxy groups -OCH3 is 2. The number of amides is 1. The zero-order valence-corrected chi connectivity index (χ0v) is 53.6. The quantitative estimate of drug-likeness (QED) is 0.0254. The lowest BCUT2D eigenvalue weighted by Gasteiger charge is -2.57. The maximum Gasteiger partial charge on any atom is 0.302 e. The number of benzene rings is 1. The Balaban J connectivity index is 0.000000455. The van der Waals surface area contributed by atoms with Crippen LogP contribution in [0.4, 0.5) is 11.4 Å². The molecule has 6 aliphatic rings. The number of carbonyl (C=O) groups is 3. The van der Waals surface area contributed by atoms with Crippen molar-refractivity contribution in [2.45, 2.75) is 150 Å². The number of rotatable bonds is 30. The lowest BCUT2D eigenvalue weighted by molar-refractivity contribution is -0.199. The standard InChI is InChI=1S/C49H76N8O6.C13H23NO3.C2H6.CH5N/c1-8-57-45-16-15-40(53(24-25-60-6)19-17-38(12-10-9-11-18-51-52-35-58)56-30-49(31-56)33-62-34-49)26-42(45)44(28-48(4,5)32-63-37(3)59)47(57)43-27-41(29-50-46(43)36(2)61-7)55-22-20-54(21-23-55)39-13-14-39;1-11(12-3-2-6-17-10-12)13(9-15)14-4-7-16-8-5-14;2*1-2/h15-16,26-27,29,35-36,38-39,51H,8-14,17-25,28,30-34H2,1-7H3,(H,52,58);9,11-13H,2-8,10H2,1H3;1-2H3;2H2,1H3. The molecular formula is C65H110N10O9. The number of esters is 1. The number of hydrogen-bond acceptors (Lipinski definition) is 17. The second-order valence-electron chi connectivity index (χ2n) is 24.6. The topological polar surface area (TPSA) is 191 Å². The van der Waals surface area contributed by atoms with E-state index in [-0.39, 0.29) is 23.5 Å². The molecule has 0 radical (unpaired) electrons. The van der Waals surface area contributed by atoms with E-state index >= 15 is 0 Å².